The van der Waals surface area contributed by atoms with E-state index in [9.17, 15) is 4.39 Å². The van der Waals surface area contributed by atoms with Crippen LogP contribution in [0.1, 0.15) is 29.9 Å². The Morgan fingerprint density at radius 1 is 1.47 bits per heavy atom. The molecule has 0 saturated heterocycles. The highest BCUT2D eigenvalue weighted by Crippen LogP contribution is 2.27. The minimum absolute atomic E-state index is 0.390. The molecule has 1 atom stereocenters. The van der Waals surface area contributed by atoms with Crippen molar-refractivity contribution in [2.24, 2.45) is 5.84 Å². The van der Waals surface area contributed by atoms with E-state index in [4.69, 9.17) is 10.3 Å². The molecular weight excluding hydrogens is 221 g/mol. The Balaban J connectivity index is 2.44. The van der Waals surface area contributed by atoms with Crippen LogP contribution in [0, 0.1) is 5.82 Å². The van der Waals surface area contributed by atoms with Gasteiger partial charge in [0.25, 0.3) is 0 Å². The van der Waals surface area contributed by atoms with Gasteiger partial charge in [0, 0.05) is 23.7 Å². The predicted molar refractivity (Wildman–Crippen MR) is 61.4 cm³/mol. The largest absolute Gasteiger partial charge is 0.469 e. The van der Waals surface area contributed by atoms with Crippen molar-refractivity contribution in [2.45, 2.75) is 19.4 Å². The fourth-order valence-corrected chi connectivity index (χ4v) is 1.86. The molecule has 0 aromatic carbocycles. The number of pyridine rings is 1. The van der Waals surface area contributed by atoms with Crippen molar-refractivity contribution in [3.05, 3.63) is 53.5 Å². The van der Waals surface area contributed by atoms with E-state index < -0.39 is 11.9 Å². The number of nitrogens with two attached hydrogens (primary N) is 1. The van der Waals surface area contributed by atoms with Gasteiger partial charge in [-0.05, 0) is 12.1 Å². The van der Waals surface area contributed by atoms with E-state index in [1.807, 2.05) is 6.92 Å². The maximum atomic E-state index is 13.7. The standard InChI is InChI=1S/C12H14FN3O/c1-2-11-9(4-6-17-11)12(16-14)8-3-5-15-7-10(8)13/h3-7,12,16H,2,14H2,1H3. The second kappa shape index (κ2) is 5.07. The van der Waals surface area contributed by atoms with E-state index in [1.54, 1.807) is 18.4 Å². The third-order valence-corrected chi connectivity index (χ3v) is 2.69. The minimum Gasteiger partial charge on any atom is -0.469 e. The zero-order chi connectivity index (χ0) is 12.3. The summed E-state index contributed by atoms with van der Waals surface area (Å²) in [4.78, 5) is 3.72. The summed E-state index contributed by atoms with van der Waals surface area (Å²) in [5.41, 5.74) is 3.91. The lowest BCUT2D eigenvalue weighted by Gasteiger charge is -2.16. The van der Waals surface area contributed by atoms with Gasteiger partial charge in [-0.15, -0.1) is 0 Å². The number of nitrogens with one attached hydrogen (secondary N) is 1. The second-order valence-corrected chi connectivity index (χ2v) is 3.65. The molecular formula is C12H14FN3O. The molecule has 0 aliphatic carbocycles. The van der Waals surface area contributed by atoms with Crippen LogP contribution in [0.25, 0.3) is 0 Å². The van der Waals surface area contributed by atoms with Crippen LogP contribution in [0.5, 0.6) is 0 Å². The van der Waals surface area contributed by atoms with Crippen LogP contribution in [-0.2, 0) is 6.42 Å². The highest BCUT2D eigenvalue weighted by atomic mass is 19.1. The zero-order valence-corrected chi connectivity index (χ0v) is 9.48. The Morgan fingerprint density at radius 3 is 2.94 bits per heavy atom. The molecule has 90 valence electrons. The third-order valence-electron chi connectivity index (χ3n) is 2.69. The molecule has 0 aliphatic heterocycles. The van der Waals surface area contributed by atoms with Crippen molar-refractivity contribution in [3.8, 4) is 0 Å². The normalized spacial score (nSPS) is 12.6. The first-order valence-corrected chi connectivity index (χ1v) is 5.39. The van der Waals surface area contributed by atoms with Crippen molar-refractivity contribution in [2.75, 3.05) is 0 Å². The summed E-state index contributed by atoms with van der Waals surface area (Å²) < 4.78 is 19.0. The Morgan fingerprint density at radius 2 is 2.29 bits per heavy atom. The maximum absolute atomic E-state index is 13.7. The number of rotatable bonds is 4. The van der Waals surface area contributed by atoms with Crippen molar-refractivity contribution in [1.29, 1.82) is 0 Å². The highest BCUT2D eigenvalue weighted by molar-refractivity contribution is 5.32. The number of aromatic nitrogens is 1. The number of halogens is 1. The summed E-state index contributed by atoms with van der Waals surface area (Å²) in [6.07, 6.45) is 5.02. The van der Waals surface area contributed by atoms with Crippen LogP contribution in [0.2, 0.25) is 0 Å². The zero-order valence-electron chi connectivity index (χ0n) is 9.48. The van der Waals surface area contributed by atoms with Crippen LogP contribution in [-0.4, -0.2) is 4.98 Å². The van der Waals surface area contributed by atoms with E-state index in [0.29, 0.717) is 5.56 Å². The number of furan rings is 1. The summed E-state index contributed by atoms with van der Waals surface area (Å²) in [5.74, 6) is 5.92. The summed E-state index contributed by atoms with van der Waals surface area (Å²) >= 11 is 0. The first-order valence-electron chi connectivity index (χ1n) is 5.39. The molecule has 0 saturated carbocycles. The predicted octanol–water partition coefficient (Wildman–Crippen LogP) is 1.93. The van der Waals surface area contributed by atoms with Crippen LogP contribution in [0.4, 0.5) is 4.39 Å². The third kappa shape index (κ3) is 2.20. The summed E-state index contributed by atoms with van der Waals surface area (Å²) in [6.45, 7) is 1.97. The highest BCUT2D eigenvalue weighted by Gasteiger charge is 2.20. The second-order valence-electron chi connectivity index (χ2n) is 3.65. The lowest BCUT2D eigenvalue weighted by Crippen LogP contribution is -2.29. The van der Waals surface area contributed by atoms with Gasteiger partial charge in [-0.2, -0.15) is 0 Å². The van der Waals surface area contributed by atoms with Gasteiger partial charge < -0.3 is 4.42 Å². The first kappa shape index (κ1) is 11.8. The van der Waals surface area contributed by atoms with Crippen LogP contribution in [0.3, 0.4) is 0 Å². The van der Waals surface area contributed by atoms with E-state index in [0.717, 1.165) is 17.7 Å². The molecule has 2 rings (SSSR count). The fraction of sp³-hybridized carbons (Fsp3) is 0.250. The molecule has 2 aromatic heterocycles. The minimum atomic E-state index is -0.424. The molecule has 4 nitrogen and oxygen atoms in total. The molecule has 0 aliphatic rings. The lowest BCUT2D eigenvalue weighted by molar-refractivity contribution is 0.497. The van der Waals surface area contributed by atoms with Gasteiger partial charge in [-0.1, -0.05) is 6.92 Å². The molecule has 0 radical (unpaired) electrons. The first-order chi connectivity index (χ1) is 8.27. The molecule has 0 fully saturated rings. The van der Waals surface area contributed by atoms with Crippen molar-refractivity contribution in [1.82, 2.24) is 10.4 Å². The molecule has 2 aromatic rings. The van der Waals surface area contributed by atoms with Gasteiger partial charge in [0.05, 0.1) is 18.5 Å². The number of nitrogens with zero attached hydrogens (tertiary/aromatic N) is 1. The topological polar surface area (TPSA) is 64.1 Å². The van der Waals surface area contributed by atoms with E-state index in [-0.39, 0.29) is 0 Å². The number of hydrazine groups is 1. The van der Waals surface area contributed by atoms with Gasteiger partial charge in [0.1, 0.15) is 11.6 Å². The Labute approximate surface area is 98.6 Å². The molecule has 1 unspecified atom stereocenters. The van der Waals surface area contributed by atoms with Crippen molar-refractivity contribution in [3.63, 3.8) is 0 Å². The molecule has 0 spiro atoms. The molecule has 3 N–H and O–H groups in total. The van der Waals surface area contributed by atoms with Crippen LogP contribution < -0.4 is 11.3 Å². The Bertz CT molecular complexity index is 498. The average Bonchev–Trinajstić information content (AvgIpc) is 2.81. The van der Waals surface area contributed by atoms with Gasteiger partial charge >= 0.3 is 0 Å². The van der Waals surface area contributed by atoms with Crippen molar-refractivity contribution < 1.29 is 8.81 Å². The smallest absolute Gasteiger partial charge is 0.146 e. The van der Waals surface area contributed by atoms with E-state index in [1.165, 1.54) is 12.4 Å². The van der Waals surface area contributed by atoms with Crippen LogP contribution in [0.15, 0.2) is 35.2 Å². The number of hydrogen-bond acceptors (Lipinski definition) is 4. The summed E-state index contributed by atoms with van der Waals surface area (Å²) in [6, 6.07) is 2.97. The Kier molecular flexibility index (Phi) is 3.51. The molecule has 17 heavy (non-hydrogen) atoms. The molecule has 5 heteroatoms. The fourth-order valence-electron chi connectivity index (χ4n) is 1.86. The average molecular weight is 235 g/mol. The molecule has 0 bridgehead atoms. The summed E-state index contributed by atoms with van der Waals surface area (Å²) in [7, 11) is 0. The molecule has 0 amide bonds. The number of hydrogen-bond donors (Lipinski definition) is 2. The van der Waals surface area contributed by atoms with Gasteiger partial charge in [-0.3, -0.25) is 10.8 Å². The van der Waals surface area contributed by atoms with Gasteiger partial charge in [0.2, 0.25) is 0 Å². The Hall–Kier alpha value is -1.72. The van der Waals surface area contributed by atoms with Crippen LogP contribution >= 0.6 is 0 Å². The quantitative estimate of drug-likeness (QED) is 0.627. The van der Waals surface area contributed by atoms with Gasteiger partial charge in [0.15, 0.2) is 0 Å². The maximum Gasteiger partial charge on any atom is 0.146 e. The van der Waals surface area contributed by atoms with Gasteiger partial charge in [-0.25, -0.2) is 9.82 Å². The lowest BCUT2D eigenvalue weighted by atomic mass is 9.99. The molecule has 2 heterocycles. The van der Waals surface area contributed by atoms with Crippen molar-refractivity contribution >= 4 is 0 Å². The monoisotopic (exact) mass is 235 g/mol. The SMILES string of the molecule is CCc1occc1C(NN)c1ccncc1F. The van der Waals surface area contributed by atoms with E-state index in [2.05, 4.69) is 10.4 Å². The number of aryl methyl sites for hydroxylation is 1. The summed E-state index contributed by atoms with van der Waals surface area (Å²) in [5, 5.41) is 0. The van der Waals surface area contributed by atoms with E-state index >= 15 is 0 Å².